The molecule has 0 aromatic carbocycles. The van der Waals surface area contributed by atoms with E-state index in [4.69, 9.17) is 4.74 Å². The molecule has 1 heterocycles. The molecule has 0 bridgehead atoms. The molecule has 1 aliphatic rings. The molecule has 0 aromatic rings. The van der Waals surface area contributed by atoms with Crippen molar-refractivity contribution in [2.24, 2.45) is 5.92 Å². The zero-order chi connectivity index (χ0) is 13.4. The van der Waals surface area contributed by atoms with Gasteiger partial charge in [-0.2, -0.15) is 0 Å². The van der Waals surface area contributed by atoms with Crippen LogP contribution in [-0.4, -0.2) is 62.0 Å². The van der Waals surface area contributed by atoms with Gasteiger partial charge in [-0.05, 0) is 51.7 Å². The molecular formula is C14H30N2O2. The van der Waals surface area contributed by atoms with Crippen LogP contribution >= 0.6 is 0 Å². The highest BCUT2D eigenvalue weighted by molar-refractivity contribution is 4.80. The van der Waals surface area contributed by atoms with Gasteiger partial charge in [-0.25, -0.2) is 0 Å². The summed E-state index contributed by atoms with van der Waals surface area (Å²) in [6.45, 7) is 9.02. The van der Waals surface area contributed by atoms with E-state index in [1.54, 1.807) is 7.11 Å². The fraction of sp³-hybridized carbons (Fsp3) is 1.00. The van der Waals surface area contributed by atoms with E-state index >= 15 is 0 Å². The Bertz CT molecular complexity index is 206. The van der Waals surface area contributed by atoms with Crippen molar-refractivity contribution < 1.29 is 9.84 Å². The number of hydrogen-bond donors (Lipinski definition) is 2. The summed E-state index contributed by atoms with van der Waals surface area (Å²) in [7, 11) is 1.64. The van der Waals surface area contributed by atoms with Gasteiger partial charge in [0, 0.05) is 19.7 Å². The smallest absolute Gasteiger partial charge is 0.0900 e. The predicted octanol–water partition coefficient (Wildman–Crippen LogP) is 1.09. The third kappa shape index (κ3) is 5.65. The zero-order valence-electron chi connectivity index (χ0n) is 12.2. The van der Waals surface area contributed by atoms with Gasteiger partial charge in [-0.1, -0.05) is 6.92 Å². The average Bonchev–Trinajstić information content (AvgIpc) is 2.37. The lowest BCUT2D eigenvalue weighted by Gasteiger charge is -2.36. The molecule has 1 saturated heterocycles. The third-order valence-electron chi connectivity index (χ3n) is 3.88. The second kappa shape index (κ2) is 8.86. The lowest BCUT2D eigenvalue weighted by molar-refractivity contribution is 0.0276. The van der Waals surface area contributed by atoms with Gasteiger partial charge in [0.1, 0.15) is 0 Å². The molecule has 18 heavy (non-hydrogen) atoms. The van der Waals surface area contributed by atoms with E-state index < -0.39 is 0 Å². The van der Waals surface area contributed by atoms with Crippen LogP contribution in [0.3, 0.4) is 0 Å². The summed E-state index contributed by atoms with van der Waals surface area (Å²) in [5.74, 6) is 0.785. The van der Waals surface area contributed by atoms with Crippen LogP contribution < -0.4 is 5.32 Å². The Morgan fingerprint density at radius 2 is 2.06 bits per heavy atom. The molecule has 2 unspecified atom stereocenters. The topological polar surface area (TPSA) is 44.7 Å². The number of aliphatic hydroxyl groups excluding tert-OH is 1. The first kappa shape index (κ1) is 15.9. The molecule has 0 aliphatic carbocycles. The van der Waals surface area contributed by atoms with Gasteiger partial charge in [0.25, 0.3) is 0 Å². The number of ether oxygens (including phenoxy) is 1. The first-order chi connectivity index (χ1) is 8.67. The first-order valence-corrected chi connectivity index (χ1v) is 7.30. The highest BCUT2D eigenvalue weighted by Crippen LogP contribution is 2.20. The molecule has 0 spiro atoms. The van der Waals surface area contributed by atoms with Crippen molar-refractivity contribution in [1.82, 2.24) is 10.2 Å². The van der Waals surface area contributed by atoms with Crippen molar-refractivity contribution in [1.29, 1.82) is 0 Å². The molecule has 2 atom stereocenters. The Morgan fingerprint density at radius 1 is 1.39 bits per heavy atom. The average molecular weight is 258 g/mol. The van der Waals surface area contributed by atoms with Crippen molar-refractivity contribution in [2.75, 3.05) is 39.9 Å². The van der Waals surface area contributed by atoms with Crippen LogP contribution in [0.25, 0.3) is 0 Å². The summed E-state index contributed by atoms with van der Waals surface area (Å²) in [5.41, 5.74) is 0. The summed E-state index contributed by atoms with van der Waals surface area (Å²) < 4.78 is 4.96. The largest absolute Gasteiger partial charge is 0.389 e. The summed E-state index contributed by atoms with van der Waals surface area (Å²) >= 11 is 0. The zero-order valence-corrected chi connectivity index (χ0v) is 12.2. The molecule has 1 aliphatic heterocycles. The van der Waals surface area contributed by atoms with E-state index in [2.05, 4.69) is 24.1 Å². The molecule has 1 rings (SSSR count). The van der Waals surface area contributed by atoms with Crippen molar-refractivity contribution >= 4 is 0 Å². The Morgan fingerprint density at radius 3 is 2.61 bits per heavy atom. The number of β-amino-alcohol motifs (C(OH)–C–C–N with tert-alkyl or cyclic N) is 1. The number of aliphatic hydroxyl groups is 1. The van der Waals surface area contributed by atoms with E-state index in [0.29, 0.717) is 12.6 Å². The molecule has 4 nitrogen and oxygen atoms in total. The predicted molar refractivity (Wildman–Crippen MR) is 74.8 cm³/mol. The van der Waals surface area contributed by atoms with Crippen LogP contribution in [0.2, 0.25) is 0 Å². The molecule has 0 aromatic heterocycles. The number of methoxy groups -OCH3 is 1. The summed E-state index contributed by atoms with van der Waals surface area (Å²) in [6.07, 6.45) is 3.32. The molecule has 108 valence electrons. The number of rotatable bonds is 8. The number of piperidine rings is 1. The maximum absolute atomic E-state index is 9.71. The highest BCUT2D eigenvalue weighted by atomic mass is 16.5. The molecular weight excluding hydrogens is 228 g/mol. The van der Waals surface area contributed by atoms with Crippen LogP contribution in [0.1, 0.15) is 33.1 Å². The SMILES string of the molecule is CCCNC(C)C1CCN(CC(O)COC)CC1. The number of nitrogens with one attached hydrogen (secondary N) is 1. The third-order valence-corrected chi connectivity index (χ3v) is 3.88. The number of nitrogens with zero attached hydrogens (tertiary/aromatic N) is 1. The quantitative estimate of drug-likeness (QED) is 0.684. The number of likely N-dealkylation sites (tertiary alicyclic amines) is 1. The van der Waals surface area contributed by atoms with Crippen molar-refractivity contribution in [2.45, 2.75) is 45.3 Å². The second-order valence-corrected chi connectivity index (χ2v) is 5.49. The summed E-state index contributed by atoms with van der Waals surface area (Å²) in [5, 5.41) is 13.3. The molecule has 2 N–H and O–H groups in total. The first-order valence-electron chi connectivity index (χ1n) is 7.30. The Labute approximate surface area is 112 Å². The van der Waals surface area contributed by atoms with Crippen LogP contribution in [0.15, 0.2) is 0 Å². The van der Waals surface area contributed by atoms with Gasteiger partial charge in [-0.15, -0.1) is 0 Å². The fourth-order valence-corrected chi connectivity index (χ4v) is 2.72. The normalized spacial score (nSPS) is 22.0. The van der Waals surface area contributed by atoms with Gasteiger partial charge in [0.15, 0.2) is 0 Å². The van der Waals surface area contributed by atoms with Gasteiger partial charge in [0.05, 0.1) is 12.7 Å². The Hall–Kier alpha value is -0.160. The van der Waals surface area contributed by atoms with E-state index in [1.807, 2.05) is 0 Å². The van der Waals surface area contributed by atoms with Crippen molar-refractivity contribution in [3.63, 3.8) is 0 Å². The van der Waals surface area contributed by atoms with Crippen LogP contribution in [0.4, 0.5) is 0 Å². The van der Waals surface area contributed by atoms with Gasteiger partial charge < -0.3 is 20.1 Å². The van der Waals surface area contributed by atoms with E-state index in [1.165, 1.54) is 19.3 Å². The maximum atomic E-state index is 9.71. The van der Waals surface area contributed by atoms with Crippen LogP contribution in [-0.2, 0) is 4.74 Å². The summed E-state index contributed by atoms with van der Waals surface area (Å²) in [6, 6.07) is 0.621. The van der Waals surface area contributed by atoms with Crippen LogP contribution in [0, 0.1) is 5.92 Å². The monoisotopic (exact) mass is 258 g/mol. The summed E-state index contributed by atoms with van der Waals surface area (Å²) in [4.78, 5) is 2.35. The van der Waals surface area contributed by atoms with Crippen molar-refractivity contribution in [3.05, 3.63) is 0 Å². The van der Waals surface area contributed by atoms with Crippen molar-refractivity contribution in [3.8, 4) is 0 Å². The minimum Gasteiger partial charge on any atom is -0.389 e. The molecule has 0 amide bonds. The van der Waals surface area contributed by atoms with E-state index in [0.717, 1.165) is 32.1 Å². The maximum Gasteiger partial charge on any atom is 0.0900 e. The highest BCUT2D eigenvalue weighted by Gasteiger charge is 2.24. The molecule has 1 fully saturated rings. The fourth-order valence-electron chi connectivity index (χ4n) is 2.72. The van der Waals surface area contributed by atoms with Crippen LogP contribution in [0.5, 0.6) is 0 Å². The van der Waals surface area contributed by atoms with Gasteiger partial charge in [0.2, 0.25) is 0 Å². The minimum absolute atomic E-state index is 0.345. The Kier molecular flexibility index (Phi) is 7.82. The lowest BCUT2D eigenvalue weighted by Crippen LogP contribution is -2.44. The lowest BCUT2D eigenvalue weighted by atomic mass is 9.90. The second-order valence-electron chi connectivity index (χ2n) is 5.49. The minimum atomic E-state index is -0.345. The molecule has 0 saturated carbocycles. The van der Waals surface area contributed by atoms with E-state index in [-0.39, 0.29) is 6.10 Å². The van der Waals surface area contributed by atoms with Gasteiger partial charge in [-0.3, -0.25) is 0 Å². The van der Waals surface area contributed by atoms with E-state index in [9.17, 15) is 5.11 Å². The van der Waals surface area contributed by atoms with Gasteiger partial charge >= 0.3 is 0 Å². The molecule has 4 heteroatoms. The molecule has 0 radical (unpaired) electrons. The number of hydrogen-bond acceptors (Lipinski definition) is 4. The standard InChI is InChI=1S/C14H30N2O2/c1-4-7-15-12(2)13-5-8-16(9-6-13)10-14(17)11-18-3/h12-15,17H,4-11H2,1-3H3. The Balaban J connectivity index is 2.19.